The number of hydrogen-bond donors (Lipinski definition) is 0. The zero-order valence-corrected chi connectivity index (χ0v) is 9.37. The monoisotopic (exact) mass is 185 g/mol. The molecule has 3 heteroatoms. The van der Waals surface area contributed by atoms with Gasteiger partial charge in [-0.1, -0.05) is 6.58 Å². The molecule has 0 aliphatic carbocycles. The Morgan fingerprint density at radius 1 is 1.54 bits per heavy atom. The second-order valence-corrected chi connectivity index (χ2v) is 4.48. The molecule has 1 atom stereocenters. The molecule has 76 valence electrons. The third kappa shape index (κ3) is 4.68. The van der Waals surface area contributed by atoms with Crippen LogP contribution < -0.4 is 0 Å². The smallest absolute Gasteiger partial charge is 0.246 e. The first-order valence-corrected chi connectivity index (χ1v) is 4.47. The number of quaternary nitrogens is 1. The van der Waals surface area contributed by atoms with Gasteiger partial charge in [0.05, 0.1) is 33.7 Å². The second-order valence-electron chi connectivity index (χ2n) is 4.48. The number of likely N-dealkylation sites (N-methyl/N-ethyl adjacent to an activating group) is 2. The Kier molecular flexibility index (Phi) is 4.14. The Labute approximate surface area is 81.2 Å². The lowest BCUT2D eigenvalue weighted by Crippen LogP contribution is -2.47. The van der Waals surface area contributed by atoms with E-state index in [0.717, 1.165) is 11.0 Å². The van der Waals surface area contributed by atoms with E-state index in [4.69, 9.17) is 0 Å². The van der Waals surface area contributed by atoms with Gasteiger partial charge in [0.1, 0.15) is 0 Å². The fourth-order valence-corrected chi connectivity index (χ4v) is 1.28. The van der Waals surface area contributed by atoms with Gasteiger partial charge in [0.2, 0.25) is 5.91 Å². The molecule has 0 heterocycles. The lowest BCUT2D eigenvalue weighted by molar-refractivity contribution is -0.872. The predicted molar refractivity (Wildman–Crippen MR) is 55.3 cm³/mol. The summed E-state index contributed by atoms with van der Waals surface area (Å²) in [5, 5.41) is 0. The number of carbonyl (C=O) groups excluding carboxylic acids is 1. The van der Waals surface area contributed by atoms with E-state index >= 15 is 0 Å². The summed E-state index contributed by atoms with van der Waals surface area (Å²) in [6.45, 7) is 6.45. The van der Waals surface area contributed by atoms with E-state index in [1.165, 1.54) is 6.08 Å². The Hall–Kier alpha value is -0.830. The minimum atomic E-state index is -0.0130. The lowest BCUT2D eigenvalue weighted by atomic mass is 10.2. The topological polar surface area (TPSA) is 20.3 Å². The van der Waals surface area contributed by atoms with Crippen molar-refractivity contribution >= 4 is 5.91 Å². The Morgan fingerprint density at radius 2 is 2.00 bits per heavy atom. The van der Waals surface area contributed by atoms with Gasteiger partial charge < -0.3 is 9.38 Å². The summed E-state index contributed by atoms with van der Waals surface area (Å²) in [6.07, 6.45) is 1.35. The van der Waals surface area contributed by atoms with E-state index in [-0.39, 0.29) is 11.9 Å². The second kappa shape index (κ2) is 4.42. The maximum absolute atomic E-state index is 11.2. The molecule has 13 heavy (non-hydrogen) atoms. The standard InChI is InChI=1S/C10H21N2O/c1-7-10(13)11(3)9(2)8-12(4,5)6/h7,9H,1,8H2,2-6H3/q+1. The van der Waals surface area contributed by atoms with Crippen molar-refractivity contribution in [1.29, 1.82) is 0 Å². The van der Waals surface area contributed by atoms with Crippen LogP contribution in [0.15, 0.2) is 12.7 Å². The van der Waals surface area contributed by atoms with Crippen LogP contribution in [-0.4, -0.2) is 56.1 Å². The Morgan fingerprint density at radius 3 is 2.31 bits per heavy atom. The lowest BCUT2D eigenvalue weighted by Gasteiger charge is -2.31. The average Bonchev–Trinajstić information content (AvgIpc) is 1.98. The summed E-state index contributed by atoms with van der Waals surface area (Å²) in [5.41, 5.74) is 0. The normalized spacial score (nSPS) is 13.6. The molecule has 0 N–H and O–H groups in total. The maximum atomic E-state index is 11.2. The largest absolute Gasteiger partial charge is 0.334 e. The molecule has 0 aromatic heterocycles. The maximum Gasteiger partial charge on any atom is 0.246 e. The molecule has 1 amide bonds. The third-order valence-corrected chi connectivity index (χ3v) is 2.00. The molecule has 0 aromatic rings. The molecule has 3 nitrogen and oxygen atoms in total. The number of carbonyl (C=O) groups is 1. The van der Waals surface area contributed by atoms with Crippen LogP contribution in [0.5, 0.6) is 0 Å². The zero-order chi connectivity index (χ0) is 10.6. The summed E-state index contributed by atoms with van der Waals surface area (Å²) in [6, 6.07) is 0.241. The van der Waals surface area contributed by atoms with E-state index in [1.54, 1.807) is 4.90 Å². The Balaban J connectivity index is 4.19. The molecule has 0 saturated heterocycles. The van der Waals surface area contributed by atoms with Crippen LogP contribution >= 0.6 is 0 Å². The highest BCUT2D eigenvalue weighted by Gasteiger charge is 2.19. The van der Waals surface area contributed by atoms with Gasteiger partial charge in [-0.15, -0.1) is 0 Å². The van der Waals surface area contributed by atoms with Crippen LogP contribution in [0.2, 0.25) is 0 Å². The van der Waals surface area contributed by atoms with Gasteiger partial charge in [-0.05, 0) is 13.0 Å². The molecule has 0 bridgehead atoms. The molecule has 0 fully saturated rings. The van der Waals surface area contributed by atoms with Crippen molar-refractivity contribution in [3.63, 3.8) is 0 Å². The van der Waals surface area contributed by atoms with Crippen LogP contribution in [0, 0.1) is 0 Å². The summed E-state index contributed by atoms with van der Waals surface area (Å²) in [5.74, 6) is -0.0130. The van der Waals surface area contributed by atoms with Crippen LogP contribution in [0.4, 0.5) is 0 Å². The highest BCUT2D eigenvalue weighted by atomic mass is 16.2. The van der Waals surface area contributed by atoms with Crippen molar-refractivity contribution in [2.24, 2.45) is 0 Å². The SMILES string of the molecule is C=CC(=O)N(C)C(C)C[N+](C)(C)C. The number of nitrogens with zero attached hydrogens (tertiary/aromatic N) is 2. The van der Waals surface area contributed by atoms with E-state index in [9.17, 15) is 4.79 Å². The number of hydrogen-bond acceptors (Lipinski definition) is 1. The zero-order valence-electron chi connectivity index (χ0n) is 9.37. The van der Waals surface area contributed by atoms with Gasteiger partial charge in [-0.2, -0.15) is 0 Å². The van der Waals surface area contributed by atoms with Gasteiger partial charge in [0, 0.05) is 7.05 Å². The average molecular weight is 185 g/mol. The summed E-state index contributed by atoms with van der Waals surface area (Å²) in [4.78, 5) is 13.0. The van der Waals surface area contributed by atoms with Crippen LogP contribution in [0.3, 0.4) is 0 Å². The summed E-state index contributed by atoms with van der Waals surface area (Å²) >= 11 is 0. The van der Waals surface area contributed by atoms with Crippen molar-refractivity contribution in [3.8, 4) is 0 Å². The summed E-state index contributed by atoms with van der Waals surface area (Å²) in [7, 11) is 8.15. The van der Waals surface area contributed by atoms with Gasteiger partial charge in [-0.25, -0.2) is 0 Å². The number of amides is 1. The molecule has 0 aliphatic heterocycles. The van der Waals surface area contributed by atoms with Gasteiger partial charge in [-0.3, -0.25) is 4.79 Å². The third-order valence-electron chi connectivity index (χ3n) is 2.00. The first-order valence-electron chi connectivity index (χ1n) is 4.47. The molecule has 1 unspecified atom stereocenters. The van der Waals surface area contributed by atoms with Gasteiger partial charge in [0.25, 0.3) is 0 Å². The van der Waals surface area contributed by atoms with Gasteiger partial charge in [0.15, 0.2) is 0 Å². The Bertz CT molecular complexity index is 194. The minimum Gasteiger partial charge on any atom is -0.334 e. The van der Waals surface area contributed by atoms with Crippen LogP contribution in [-0.2, 0) is 4.79 Å². The quantitative estimate of drug-likeness (QED) is 0.467. The molecule has 0 aromatic carbocycles. The molecule has 0 saturated carbocycles. The fourth-order valence-electron chi connectivity index (χ4n) is 1.28. The minimum absolute atomic E-state index is 0.0130. The van der Waals surface area contributed by atoms with Crippen molar-refractivity contribution in [3.05, 3.63) is 12.7 Å². The van der Waals surface area contributed by atoms with Crippen LogP contribution in [0.25, 0.3) is 0 Å². The molecule has 0 radical (unpaired) electrons. The highest BCUT2D eigenvalue weighted by Crippen LogP contribution is 2.02. The predicted octanol–water partition coefficient (Wildman–Crippen LogP) is 0.725. The molecule has 0 spiro atoms. The van der Waals surface area contributed by atoms with Crippen molar-refractivity contribution < 1.29 is 9.28 Å². The number of rotatable bonds is 4. The van der Waals surface area contributed by atoms with Crippen molar-refractivity contribution in [2.45, 2.75) is 13.0 Å². The van der Waals surface area contributed by atoms with Crippen LogP contribution in [0.1, 0.15) is 6.92 Å². The van der Waals surface area contributed by atoms with Crippen molar-refractivity contribution in [1.82, 2.24) is 4.90 Å². The van der Waals surface area contributed by atoms with Gasteiger partial charge >= 0.3 is 0 Å². The highest BCUT2D eigenvalue weighted by molar-refractivity contribution is 5.86. The summed E-state index contributed by atoms with van der Waals surface area (Å²) < 4.78 is 0.857. The van der Waals surface area contributed by atoms with E-state index in [2.05, 4.69) is 27.7 Å². The first kappa shape index (κ1) is 12.2. The molecular weight excluding hydrogens is 164 g/mol. The fraction of sp³-hybridized carbons (Fsp3) is 0.700. The molecule has 0 aliphatic rings. The molecule has 0 rings (SSSR count). The van der Waals surface area contributed by atoms with Crippen molar-refractivity contribution in [2.75, 3.05) is 34.7 Å². The molecular formula is C10H21N2O+. The first-order chi connectivity index (χ1) is 5.78. The van der Waals surface area contributed by atoms with E-state index in [0.29, 0.717) is 0 Å². The van der Waals surface area contributed by atoms with E-state index < -0.39 is 0 Å². The van der Waals surface area contributed by atoms with E-state index in [1.807, 2.05) is 14.0 Å².